The van der Waals surface area contributed by atoms with Gasteiger partial charge in [-0.25, -0.2) is 0 Å². The van der Waals surface area contributed by atoms with Crippen molar-refractivity contribution in [2.24, 2.45) is 17.6 Å². The van der Waals surface area contributed by atoms with Gasteiger partial charge >= 0.3 is 0 Å². The van der Waals surface area contributed by atoms with Gasteiger partial charge in [0.1, 0.15) is 0 Å². The number of nitrogens with two attached hydrogens (primary N) is 1. The van der Waals surface area contributed by atoms with Gasteiger partial charge < -0.3 is 11.1 Å². The molecule has 92 valence electrons. The van der Waals surface area contributed by atoms with Crippen molar-refractivity contribution >= 4 is 23.1 Å². The van der Waals surface area contributed by atoms with Crippen LogP contribution in [0.2, 0.25) is 0 Å². The maximum Gasteiger partial charge on any atom is 0.220 e. The first-order chi connectivity index (χ1) is 7.50. The Morgan fingerprint density at radius 2 is 2.19 bits per heavy atom. The lowest BCUT2D eigenvalue weighted by Gasteiger charge is -2.20. The molecule has 1 aliphatic carbocycles. The van der Waals surface area contributed by atoms with E-state index < -0.39 is 0 Å². The fourth-order valence-electron chi connectivity index (χ4n) is 2.17. The van der Waals surface area contributed by atoms with Gasteiger partial charge in [0.15, 0.2) is 0 Å². The van der Waals surface area contributed by atoms with Gasteiger partial charge in [-0.2, -0.15) is 0 Å². The number of carbonyl (C=O) groups is 1. The molecule has 0 radical (unpaired) electrons. The predicted molar refractivity (Wildman–Crippen MR) is 70.1 cm³/mol. The van der Waals surface area contributed by atoms with Crippen molar-refractivity contribution in [1.82, 2.24) is 5.32 Å². The number of amides is 1. The molecule has 0 bridgehead atoms. The molecule has 0 aromatic rings. The standard InChI is InChI=1S/C12H22N2OS/c1-8(2)6-7-11(15)14-10-5-3-4-9(10)12(13)16/h8-10H,3-7H2,1-2H3,(H2,13,16)(H,14,15). The summed E-state index contributed by atoms with van der Waals surface area (Å²) in [7, 11) is 0. The van der Waals surface area contributed by atoms with Crippen LogP contribution in [-0.2, 0) is 4.79 Å². The molecule has 2 atom stereocenters. The number of carbonyl (C=O) groups excluding carboxylic acids is 1. The molecule has 0 aromatic carbocycles. The Bertz CT molecular complexity index is 266. The van der Waals surface area contributed by atoms with Gasteiger partial charge in [0.25, 0.3) is 0 Å². The highest BCUT2D eigenvalue weighted by molar-refractivity contribution is 7.80. The number of thiocarbonyl (C=S) groups is 1. The van der Waals surface area contributed by atoms with Crippen LogP contribution in [0.3, 0.4) is 0 Å². The van der Waals surface area contributed by atoms with E-state index in [1.165, 1.54) is 0 Å². The van der Waals surface area contributed by atoms with Crippen LogP contribution in [0.25, 0.3) is 0 Å². The van der Waals surface area contributed by atoms with Gasteiger partial charge in [-0.05, 0) is 25.2 Å². The van der Waals surface area contributed by atoms with Crippen LogP contribution >= 0.6 is 12.2 Å². The lowest BCUT2D eigenvalue weighted by molar-refractivity contribution is -0.122. The first-order valence-electron chi connectivity index (χ1n) is 6.09. The SMILES string of the molecule is CC(C)CCC(=O)NC1CCCC1C(N)=S. The van der Waals surface area contributed by atoms with Crippen molar-refractivity contribution in [3.05, 3.63) is 0 Å². The van der Waals surface area contributed by atoms with E-state index in [9.17, 15) is 4.79 Å². The van der Waals surface area contributed by atoms with Crippen LogP contribution in [0.1, 0.15) is 46.0 Å². The Morgan fingerprint density at radius 3 is 2.75 bits per heavy atom. The van der Waals surface area contributed by atoms with Gasteiger partial charge in [-0.3, -0.25) is 4.79 Å². The lowest BCUT2D eigenvalue weighted by atomic mass is 10.0. The zero-order chi connectivity index (χ0) is 12.1. The summed E-state index contributed by atoms with van der Waals surface area (Å²) in [6, 6.07) is 0.178. The average Bonchev–Trinajstić information content (AvgIpc) is 2.62. The molecule has 1 rings (SSSR count). The normalized spacial score (nSPS) is 24.7. The van der Waals surface area contributed by atoms with Crippen molar-refractivity contribution in [2.75, 3.05) is 0 Å². The number of hydrogen-bond acceptors (Lipinski definition) is 2. The minimum atomic E-state index is 0.141. The van der Waals surface area contributed by atoms with Gasteiger partial charge in [0.05, 0.1) is 4.99 Å². The highest BCUT2D eigenvalue weighted by Crippen LogP contribution is 2.26. The monoisotopic (exact) mass is 242 g/mol. The molecule has 3 N–H and O–H groups in total. The Morgan fingerprint density at radius 1 is 1.50 bits per heavy atom. The van der Waals surface area contributed by atoms with E-state index in [0.29, 0.717) is 17.3 Å². The second-order valence-corrected chi connectivity index (χ2v) is 5.52. The second kappa shape index (κ2) is 6.18. The minimum absolute atomic E-state index is 0.141. The van der Waals surface area contributed by atoms with Crippen molar-refractivity contribution in [3.63, 3.8) is 0 Å². The maximum absolute atomic E-state index is 11.7. The first kappa shape index (κ1) is 13.4. The van der Waals surface area contributed by atoms with Gasteiger partial charge in [0.2, 0.25) is 5.91 Å². The van der Waals surface area contributed by atoms with E-state index in [2.05, 4.69) is 19.2 Å². The van der Waals surface area contributed by atoms with E-state index in [1.54, 1.807) is 0 Å². The third kappa shape index (κ3) is 4.08. The molecule has 1 saturated carbocycles. The number of rotatable bonds is 5. The summed E-state index contributed by atoms with van der Waals surface area (Å²) in [5.41, 5.74) is 5.67. The topological polar surface area (TPSA) is 55.1 Å². The summed E-state index contributed by atoms with van der Waals surface area (Å²) in [5.74, 6) is 0.917. The molecule has 4 heteroatoms. The summed E-state index contributed by atoms with van der Waals surface area (Å²) in [4.78, 5) is 12.2. The van der Waals surface area contributed by atoms with E-state index in [4.69, 9.17) is 18.0 Å². The van der Waals surface area contributed by atoms with E-state index >= 15 is 0 Å². The third-order valence-electron chi connectivity index (χ3n) is 3.18. The fraction of sp³-hybridized carbons (Fsp3) is 0.833. The largest absolute Gasteiger partial charge is 0.393 e. The van der Waals surface area contributed by atoms with Crippen LogP contribution in [-0.4, -0.2) is 16.9 Å². The molecule has 0 heterocycles. The molecule has 16 heavy (non-hydrogen) atoms. The van der Waals surface area contributed by atoms with Gasteiger partial charge in [-0.1, -0.05) is 32.5 Å². The third-order valence-corrected chi connectivity index (χ3v) is 3.48. The molecule has 3 nitrogen and oxygen atoms in total. The quantitative estimate of drug-likeness (QED) is 0.725. The highest BCUT2D eigenvalue weighted by atomic mass is 32.1. The molecular weight excluding hydrogens is 220 g/mol. The summed E-state index contributed by atoms with van der Waals surface area (Å²) >= 11 is 5.02. The Labute approximate surface area is 103 Å². The van der Waals surface area contributed by atoms with Crippen LogP contribution in [0.15, 0.2) is 0 Å². The van der Waals surface area contributed by atoms with E-state index in [-0.39, 0.29) is 17.9 Å². The predicted octanol–water partition coefficient (Wildman–Crippen LogP) is 1.99. The zero-order valence-corrected chi connectivity index (χ0v) is 11.0. The molecule has 1 aliphatic rings. The van der Waals surface area contributed by atoms with Crippen LogP contribution in [0, 0.1) is 11.8 Å². The van der Waals surface area contributed by atoms with Gasteiger partial charge in [-0.15, -0.1) is 0 Å². The zero-order valence-electron chi connectivity index (χ0n) is 10.2. The van der Waals surface area contributed by atoms with Crippen LogP contribution in [0.4, 0.5) is 0 Å². The fourth-order valence-corrected chi connectivity index (χ4v) is 2.45. The summed E-state index contributed by atoms with van der Waals surface area (Å²) in [6.45, 7) is 4.25. The number of hydrogen-bond donors (Lipinski definition) is 2. The molecule has 0 saturated heterocycles. The molecule has 0 aromatic heterocycles. The van der Waals surface area contributed by atoms with Crippen LogP contribution in [0.5, 0.6) is 0 Å². The Balaban J connectivity index is 2.35. The Hall–Kier alpha value is -0.640. The smallest absolute Gasteiger partial charge is 0.220 e. The van der Waals surface area contributed by atoms with Crippen molar-refractivity contribution in [3.8, 4) is 0 Å². The molecule has 1 fully saturated rings. The average molecular weight is 242 g/mol. The second-order valence-electron chi connectivity index (χ2n) is 5.05. The highest BCUT2D eigenvalue weighted by Gasteiger charge is 2.30. The molecule has 0 spiro atoms. The first-order valence-corrected chi connectivity index (χ1v) is 6.50. The molecule has 2 unspecified atom stereocenters. The van der Waals surface area contributed by atoms with Gasteiger partial charge in [0, 0.05) is 18.4 Å². The van der Waals surface area contributed by atoms with E-state index in [1.807, 2.05) is 0 Å². The Kier molecular flexibility index (Phi) is 5.19. The van der Waals surface area contributed by atoms with Crippen LogP contribution < -0.4 is 11.1 Å². The van der Waals surface area contributed by atoms with Crippen molar-refractivity contribution in [2.45, 2.75) is 52.0 Å². The summed E-state index contributed by atoms with van der Waals surface area (Å²) < 4.78 is 0. The summed E-state index contributed by atoms with van der Waals surface area (Å²) in [5, 5.41) is 3.06. The maximum atomic E-state index is 11.7. The van der Waals surface area contributed by atoms with Crippen molar-refractivity contribution < 1.29 is 4.79 Å². The lowest BCUT2D eigenvalue weighted by Crippen LogP contribution is -2.41. The molecule has 1 amide bonds. The number of nitrogens with one attached hydrogen (secondary N) is 1. The van der Waals surface area contributed by atoms with E-state index in [0.717, 1.165) is 25.7 Å². The minimum Gasteiger partial charge on any atom is -0.393 e. The van der Waals surface area contributed by atoms with Crippen molar-refractivity contribution in [1.29, 1.82) is 0 Å². The summed E-state index contributed by atoms with van der Waals surface area (Å²) in [6.07, 6.45) is 4.69. The molecule has 0 aliphatic heterocycles. The molecular formula is C12H22N2OS.